The molecule has 1 unspecified atom stereocenters. The Labute approximate surface area is 195 Å². The number of benzene rings is 1. The van der Waals surface area contributed by atoms with Crippen LogP contribution >= 0.6 is 0 Å². The SMILES string of the molecule is CCC(CC=O)c1cccc(Cn2cc(-c3cc(-c4cccc(C#N)c4F)nc(N)n3)nn2)n1. The molecule has 0 saturated heterocycles. The van der Waals surface area contributed by atoms with Crippen LogP contribution < -0.4 is 5.73 Å². The minimum absolute atomic E-state index is 0.0565. The number of halogens is 1. The van der Waals surface area contributed by atoms with E-state index in [1.165, 1.54) is 12.1 Å². The average molecular weight is 456 g/mol. The summed E-state index contributed by atoms with van der Waals surface area (Å²) in [5, 5.41) is 17.4. The van der Waals surface area contributed by atoms with E-state index in [0.29, 0.717) is 24.4 Å². The van der Waals surface area contributed by atoms with Crippen LogP contribution in [-0.4, -0.2) is 36.2 Å². The Bertz CT molecular complexity index is 1380. The van der Waals surface area contributed by atoms with Gasteiger partial charge in [0.2, 0.25) is 5.95 Å². The summed E-state index contributed by atoms with van der Waals surface area (Å²) in [5.41, 5.74) is 8.59. The molecule has 4 aromatic rings. The number of hydrogen-bond acceptors (Lipinski definition) is 8. The van der Waals surface area contributed by atoms with Gasteiger partial charge in [0.05, 0.1) is 35.4 Å². The lowest BCUT2D eigenvalue weighted by atomic mass is 9.98. The number of nitrogen functional groups attached to an aromatic ring is 1. The van der Waals surface area contributed by atoms with Gasteiger partial charge in [-0.15, -0.1) is 5.10 Å². The van der Waals surface area contributed by atoms with Crippen molar-refractivity contribution in [1.82, 2.24) is 29.9 Å². The van der Waals surface area contributed by atoms with E-state index in [0.717, 1.165) is 24.1 Å². The van der Waals surface area contributed by atoms with E-state index in [9.17, 15) is 9.18 Å². The van der Waals surface area contributed by atoms with Gasteiger partial charge in [-0.25, -0.2) is 19.0 Å². The highest BCUT2D eigenvalue weighted by Gasteiger charge is 2.16. The Morgan fingerprint density at radius 3 is 2.71 bits per heavy atom. The van der Waals surface area contributed by atoms with Crippen LogP contribution in [0.25, 0.3) is 22.6 Å². The Morgan fingerprint density at radius 1 is 1.15 bits per heavy atom. The molecule has 0 aliphatic carbocycles. The van der Waals surface area contributed by atoms with Crippen molar-refractivity contribution in [2.45, 2.75) is 32.2 Å². The predicted octanol–water partition coefficient (Wildman–Crippen LogP) is 3.52. The minimum Gasteiger partial charge on any atom is -0.368 e. The minimum atomic E-state index is -0.677. The number of aldehydes is 1. The largest absolute Gasteiger partial charge is 0.368 e. The van der Waals surface area contributed by atoms with E-state index in [2.05, 4.69) is 25.3 Å². The van der Waals surface area contributed by atoms with E-state index in [1.54, 1.807) is 23.0 Å². The van der Waals surface area contributed by atoms with Crippen molar-refractivity contribution >= 4 is 12.2 Å². The van der Waals surface area contributed by atoms with Crippen molar-refractivity contribution < 1.29 is 9.18 Å². The van der Waals surface area contributed by atoms with Gasteiger partial charge in [-0.1, -0.05) is 24.3 Å². The van der Waals surface area contributed by atoms with E-state index in [-0.39, 0.29) is 28.7 Å². The summed E-state index contributed by atoms with van der Waals surface area (Å²) in [5.74, 6) is -0.659. The van der Waals surface area contributed by atoms with Crippen molar-refractivity contribution in [2.24, 2.45) is 0 Å². The molecule has 1 atom stereocenters. The fourth-order valence-electron chi connectivity index (χ4n) is 3.64. The third kappa shape index (κ3) is 4.78. The fourth-order valence-corrected chi connectivity index (χ4v) is 3.64. The van der Waals surface area contributed by atoms with Gasteiger partial charge in [0.25, 0.3) is 0 Å². The number of aromatic nitrogens is 6. The standard InChI is InChI=1S/C24H21FN8O/c1-2-15(9-10-34)19-8-4-6-17(28-19)13-33-14-22(31-32-33)21-11-20(29-24(27)30-21)18-7-3-5-16(12-26)23(18)25/h3-8,10-11,14-15H,2,9,13H2,1H3,(H2,27,29,30). The van der Waals surface area contributed by atoms with Gasteiger partial charge in [-0.3, -0.25) is 4.98 Å². The molecule has 3 aromatic heterocycles. The Balaban J connectivity index is 1.61. The molecule has 0 aliphatic rings. The van der Waals surface area contributed by atoms with Gasteiger partial charge in [0.1, 0.15) is 23.9 Å². The summed E-state index contributed by atoms with van der Waals surface area (Å²) in [6, 6.07) is 13.6. The lowest BCUT2D eigenvalue weighted by molar-refractivity contribution is -0.108. The van der Waals surface area contributed by atoms with Crippen LogP contribution in [0.3, 0.4) is 0 Å². The molecular formula is C24H21FN8O. The van der Waals surface area contributed by atoms with Crippen molar-refractivity contribution in [3.05, 3.63) is 71.4 Å². The number of nitrogens with zero attached hydrogens (tertiary/aromatic N) is 7. The van der Waals surface area contributed by atoms with Crippen LogP contribution in [0.5, 0.6) is 0 Å². The third-order valence-electron chi connectivity index (χ3n) is 5.38. The monoisotopic (exact) mass is 456 g/mol. The highest BCUT2D eigenvalue weighted by Crippen LogP contribution is 2.27. The van der Waals surface area contributed by atoms with Crippen molar-refractivity contribution in [3.63, 3.8) is 0 Å². The predicted molar refractivity (Wildman–Crippen MR) is 123 cm³/mol. The lowest BCUT2D eigenvalue weighted by Crippen LogP contribution is -2.07. The molecule has 9 nitrogen and oxygen atoms in total. The maximum absolute atomic E-state index is 14.7. The van der Waals surface area contributed by atoms with Crippen LogP contribution in [-0.2, 0) is 11.3 Å². The van der Waals surface area contributed by atoms with Gasteiger partial charge in [0, 0.05) is 23.6 Å². The van der Waals surface area contributed by atoms with Crippen LogP contribution in [0.2, 0.25) is 0 Å². The second-order valence-electron chi connectivity index (χ2n) is 7.64. The Kier molecular flexibility index (Phi) is 6.64. The van der Waals surface area contributed by atoms with Crippen LogP contribution in [0.4, 0.5) is 10.3 Å². The molecule has 10 heteroatoms. The topological polar surface area (TPSA) is 136 Å². The Hall–Kier alpha value is -4.52. The number of hydrogen-bond donors (Lipinski definition) is 1. The zero-order valence-corrected chi connectivity index (χ0v) is 18.4. The molecule has 0 spiro atoms. The number of nitriles is 1. The third-order valence-corrected chi connectivity index (χ3v) is 5.38. The Morgan fingerprint density at radius 2 is 1.94 bits per heavy atom. The van der Waals surface area contributed by atoms with Gasteiger partial charge < -0.3 is 10.5 Å². The smallest absolute Gasteiger partial charge is 0.221 e. The van der Waals surface area contributed by atoms with E-state index in [4.69, 9.17) is 11.0 Å². The van der Waals surface area contributed by atoms with Gasteiger partial charge in [0.15, 0.2) is 0 Å². The van der Waals surface area contributed by atoms with Gasteiger partial charge in [-0.05, 0) is 36.8 Å². The summed E-state index contributed by atoms with van der Waals surface area (Å²) < 4.78 is 16.3. The molecule has 0 radical (unpaired) electrons. The van der Waals surface area contributed by atoms with Crippen LogP contribution in [0.15, 0.2) is 48.7 Å². The number of carbonyl (C=O) groups is 1. The summed E-state index contributed by atoms with van der Waals surface area (Å²) in [4.78, 5) is 23.9. The zero-order valence-electron chi connectivity index (χ0n) is 18.4. The quantitative estimate of drug-likeness (QED) is 0.398. The second-order valence-corrected chi connectivity index (χ2v) is 7.64. The van der Waals surface area contributed by atoms with Crippen molar-refractivity contribution in [1.29, 1.82) is 5.26 Å². The van der Waals surface area contributed by atoms with E-state index in [1.807, 2.05) is 31.2 Å². The first-order chi connectivity index (χ1) is 16.5. The maximum atomic E-state index is 14.7. The number of carbonyl (C=O) groups excluding carboxylic acids is 1. The molecule has 34 heavy (non-hydrogen) atoms. The summed E-state index contributed by atoms with van der Waals surface area (Å²) in [6.07, 6.45) is 3.84. The molecule has 0 bridgehead atoms. The fraction of sp³-hybridized carbons (Fsp3) is 0.208. The van der Waals surface area contributed by atoms with Crippen LogP contribution in [0, 0.1) is 17.1 Å². The maximum Gasteiger partial charge on any atom is 0.221 e. The first-order valence-electron chi connectivity index (χ1n) is 10.7. The first-order valence-corrected chi connectivity index (χ1v) is 10.7. The zero-order chi connectivity index (χ0) is 24.1. The number of rotatable bonds is 8. The summed E-state index contributed by atoms with van der Waals surface area (Å²) >= 11 is 0. The lowest BCUT2D eigenvalue weighted by Gasteiger charge is -2.12. The second kappa shape index (κ2) is 9.95. The summed E-state index contributed by atoms with van der Waals surface area (Å²) in [7, 11) is 0. The molecule has 2 N–H and O–H groups in total. The molecule has 0 aliphatic heterocycles. The molecule has 0 amide bonds. The van der Waals surface area contributed by atoms with E-state index >= 15 is 0 Å². The molecule has 3 heterocycles. The van der Waals surface area contributed by atoms with Gasteiger partial charge >= 0.3 is 0 Å². The number of pyridine rings is 1. The molecule has 4 rings (SSSR count). The first kappa shape index (κ1) is 22.7. The molecule has 0 saturated carbocycles. The van der Waals surface area contributed by atoms with E-state index < -0.39 is 5.82 Å². The van der Waals surface area contributed by atoms with Crippen molar-refractivity contribution in [2.75, 3.05) is 5.73 Å². The normalized spacial score (nSPS) is 11.7. The van der Waals surface area contributed by atoms with Gasteiger partial charge in [-0.2, -0.15) is 5.26 Å². The number of nitrogens with two attached hydrogens (primary N) is 1. The molecular weight excluding hydrogens is 435 g/mol. The molecule has 0 fully saturated rings. The molecule has 1 aromatic carbocycles. The highest BCUT2D eigenvalue weighted by atomic mass is 19.1. The summed E-state index contributed by atoms with van der Waals surface area (Å²) in [6.45, 7) is 2.39. The molecule has 170 valence electrons. The highest BCUT2D eigenvalue weighted by molar-refractivity contribution is 5.68. The van der Waals surface area contributed by atoms with Crippen LogP contribution in [0.1, 0.15) is 42.6 Å². The van der Waals surface area contributed by atoms with Crippen molar-refractivity contribution in [3.8, 4) is 28.7 Å². The average Bonchev–Trinajstić information content (AvgIpc) is 3.31. The number of anilines is 1.